The minimum Gasteiger partial charge on any atom is -0.341 e. The van der Waals surface area contributed by atoms with Crippen molar-refractivity contribution < 1.29 is 9.78 Å². The SMILES string of the molecule is CC(=O)c1ccc(NC(=S)N2CCN(c3cccc[nH+]3)CC2)cc1. The molecule has 1 aromatic carbocycles. The minimum atomic E-state index is 0.0676. The lowest BCUT2D eigenvalue weighted by atomic mass is 10.1. The summed E-state index contributed by atoms with van der Waals surface area (Å²) in [5.41, 5.74) is 1.61. The van der Waals surface area contributed by atoms with Crippen LogP contribution in [0.4, 0.5) is 11.5 Å². The maximum absolute atomic E-state index is 11.3. The topological polar surface area (TPSA) is 49.7 Å². The lowest BCUT2D eigenvalue weighted by Crippen LogP contribution is -2.51. The number of carbonyl (C=O) groups excluding carboxylic acids is 1. The summed E-state index contributed by atoms with van der Waals surface area (Å²) in [6, 6.07) is 13.5. The Hall–Kier alpha value is -2.47. The molecule has 1 aliphatic rings. The molecule has 0 radical (unpaired) electrons. The van der Waals surface area contributed by atoms with E-state index in [2.05, 4.69) is 26.2 Å². The van der Waals surface area contributed by atoms with Crippen LogP contribution in [-0.2, 0) is 0 Å². The zero-order valence-electron chi connectivity index (χ0n) is 13.7. The Labute approximate surface area is 147 Å². The van der Waals surface area contributed by atoms with Crippen molar-refractivity contribution in [3.63, 3.8) is 0 Å². The molecule has 0 aliphatic carbocycles. The highest BCUT2D eigenvalue weighted by molar-refractivity contribution is 7.80. The summed E-state index contributed by atoms with van der Waals surface area (Å²) in [5, 5.41) is 3.98. The molecule has 2 heterocycles. The molecule has 2 N–H and O–H groups in total. The number of pyridine rings is 1. The number of ketones is 1. The molecule has 124 valence electrons. The number of nitrogens with zero attached hydrogens (tertiary/aromatic N) is 2. The van der Waals surface area contributed by atoms with Gasteiger partial charge in [0.25, 0.3) is 5.82 Å². The molecule has 5 nitrogen and oxygen atoms in total. The number of hydrogen-bond donors (Lipinski definition) is 1. The predicted octanol–water partition coefficient (Wildman–Crippen LogP) is 2.22. The van der Waals surface area contributed by atoms with Gasteiger partial charge in [0.1, 0.15) is 13.1 Å². The predicted molar refractivity (Wildman–Crippen MR) is 99.5 cm³/mol. The first-order valence-corrected chi connectivity index (χ1v) is 8.43. The number of aromatic nitrogens is 1. The second-order valence-electron chi connectivity index (χ2n) is 5.79. The number of rotatable bonds is 3. The summed E-state index contributed by atoms with van der Waals surface area (Å²) in [4.78, 5) is 19.1. The number of Topliss-reactive ketones (excluding diaryl/α,β-unsaturated/α-hetero) is 1. The lowest BCUT2D eigenvalue weighted by Gasteiger charge is -2.32. The van der Waals surface area contributed by atoms with Gasteiger partial charge in [-0.25, -0.2) is 4.98 Å². The summed E-state index contributed by atoms with van der Waals surface area (Å²) in [5.74, 6) is 1.20. The van der Waals surface area contributed by atoms with Crippen LogP contribution < -0.4 is 15.2 Å². The van der Waals surface area contributed by atoms with E-state index in [4.69, 9.17) is 12.2 Å². The summed E-state index contributed by atoms with van der Waals surface area (Å²) < 4.78 is 0. The highest BCUT2D eigenvalue weighted by Gasteiger charge is 2.24. The number of H-pyrrole nitrogens is 1. The fourth-order valence-corrected chi connectivity index (χ4v) is 3.02. The van der Waals surface area contributed by atoms with Crippen molar-refractivity contribution in [1.82, 2.24) is 4.90 Å². The Kier molecular flexibility index (Phi) is 5.05. The van der Waals surface area contributed by atoms with Crippen LogP contribution >= 0.6 is 12.2 Å². The molecule has 0 spiro atoms. The number of benzene rings is 1. The molecule has 3 rings (SSSR count). The van der Waals surface area contributed by atoms with E-state index in [1.54, 1.807) is 6.92 Å². The molecular formula is C18H21N4OS+. The van der Waals surface area contributed by atoms with Crippen LogP contribution in [0.15, 0.2) is 48.7 Å². The summed E-state index contributed by atoms with van der Waals surface area (Å²) in [7, 11) is 0. The van der Waals surface area contributed by atoms with Gasteiger partial charge in [-0.3, -0.25) is 9.69 Å². The Morgan fingerprint density at radius 1 is 1.08 bits per heavy atom. The van der Waals surface area contributed by atoms with Crippen LogP contribution in [0.5, 0.6) is 0 Å². The quantitative estimate of drug-likeness (QED) is 0.685. The smallest absolute Gasteiger partial charge is 0.274 e. The first-order chi connectivity index (χ1) is 11.6. The van der Waals surface area contributed by atoms with Gasteiger partial charge < -0.3 is 10.2 Å². The number of piperazine rings is 1. The zero-order chi connectivity index (χ0) is 16.9. The van der Waals surface area contributed by atoms with E-state index in [0.29, 0.717) is 5.56 Å². The third-order valence-corrected chi connectivity index (χ3v) is 4.50. The third kappa shape index (κ3) is 3.89. The molecule has 2 aromatic rings. The lowest BCUT2D eigenvalue weighted by molar-refractivity contribution is -0.364. The number of thiocarbonyl (C=S) groups is 1. The highest BCUT2D eigenvalue weighted by Crippen LogP contribution is 2.14. The van der Waals surface area contributed by atoms with Crippen molar-refractivity contribution in [2.24, 2.45) is 0 Å². The van der Waals surface area contributed by atoms with Crippen molar-refractivity contribution in [2.45, 2.75) is 6.92 Å². The standard InChI is InChI=1S/C18H20N4OS/c1-14(23)15-5-7-16(8-6-15)20-18(24)22-12-10-21(11-13-22)17-4-2-3-9-19-17/h2-9H,10-13H2,1H3,(H,20,24)/p+1. The average Bonchev–Trinajstić information content (AvgIpc) is 2.63. The fraction of sp³-hybridized carbons (Fsp3) is 0.278. The van der Waals surface area contributed by atoms with Crippen LogP contribution in [0.3, 0.4) is 0 Å². The van der Waals surface area contributed by atoms with E-state index in [-0.39, 0.29) is 5.78 Å². The molecule has 0 amide bonds. The molecule has 24 heavy (non-hydrogen) atoms. The molecular weight excluding hydrogens is 320 g/mol. The largest absolute Gasteiger partial charge is 0.341 e. The zero-order valence-corrected chi connectivity index (χ0v) is 14.5. The van der Waals surface area contributed by atoms with Crippen molar-refractivity contribution in [3.8, 4) is 0 Å². The molecule has 6 heteroatoms. The van der Waals surface area contributed by atoms with Gasteiger partial charge >= 0.3 is 0 Å². The van der Waals surface area contributed by atoms with Gasteiger partial charge in [0.05, 0.1) is 19.3 Å². The second kappa shape index (κ2) is 7.40. The molecule has 0 bridgehead atoms. The van der Waals surface area contributed by atoms with Gasteiger partial charge in [-0.2, -0.15) is 0 Å². The maximum atomic E-state index is 11.3. The first kappa shape index (κ1) is 16.4. The van der Waals surface area contributed by atoms with E-state index in [0.717, 1.165) is 42.8 Å². The highest BCUT2D eigenvalue weighted by atomic mass is 32.1. The van der Waals surface area contributed by atoms with Crippen LogP contribution in [0.2, 0.25) is 0 Å². The number of nitrogens with one attached hydrogen (secondary N) is 2. The van der Waals surface area contributed by atoms with E-state index in [1.807, 2.05) is 42.6 Å². The van der Waals surface area contributed by atoms with E-state index in [1.165, 1.54) is 0 Å². The molecule has 0 unspecified atom stereocenters. The van der Waals surface area contributed by atoms with Gasteiger partial charge in [0.15, 0.2) is 10.9 Å². The molecule has 1 aromatic heterocycles. The summed E-state index contributed by atoms with van der Waals surface area (Å²) in [6.07, 6.45) is 1.94. The maximum Gasteiger partial charge on any atom is 0.274 e. The number of carbonyl (C=O) groups is 1. The summed E-state index contributed by atoms with van der Waals surface area (Å²) in [6.45, 7) is 5.16. The van der Waals surface area contributed by atoms with E-state index in [9.17, 15) is 4.79 Å². The number of hydrogen-bond acceptors (Lipinski definition) is 3. The minimum absolute atomic E-state index is 0.0676. The third-order valence-electron chi connectivity index (χ3n) is 4.14. The fourth-order valence-electron chi connectivity index (χ4n) is 2.72. The Morgan fingerprint density at radius 2 is 1.79 bits per heavy atom. The second-order valence-corrected chi connectivity index (χ2v) is 6.17. The first-order valence-electron chi connectivity index (χ1n) is 8.02. The Morgan fingerprint density at radius 3 is 2.38 bits per heavy atom. The van der Waals surface area contributed by atoms with Gasteiger partial charge in [0.2, 0.25) is 0 Å². The molecule has 0 atom stereocenters. The Bertz CT molecular complexity index is 710. The normalized spacial score (nSPS) is 14.4. The van der Waals surface area contributed by atoms with Crippen molar-refractivity contribution in [3.05, 3.63) is 54.2 Å². The monoisotopic (exact) mass is 341 g/mol. The van der Waals surface area contributed by atoms with Crippen molar-refractivity contribution in [1.29, 1.82) is 0 Å². The van der Waals surface area contributed by atoms with Gasteiger partial charge in [-0.1, -0.05) is 6.07 Å². The van der Waals surface area contributed by atoms with Crippen molar-refractivity contribution in [2.75, 3.05) is 36.4 Å². The number of anilines is 2. The van der Waals surface area contributed by atoms with Crippen LogP contribution in [-0.4, -0.2) is 42.0 Å². The molecule has 0 saturated carbocycles. The van der Waals surface area contributed by atoms with Crippen LogP contribution in [0.25, 0.3) is 0 Å². The number of aromatic amines is 1. The van der Waals surface area contributed by atoms with Crippen LogP contribution in [0, 0.1) is 0 Å². The van der Waals surface area contributed by atoms with Gasteiger partial charge in [-0.05, 0) is 49.5 Å². The van der Waals surface area contributed by atoms with E-state index < -0.39 is 0 Å². The summed E-state index contributed by atoms with van der Waals surface area (Å²) >= 11 is 5.52. The van der Waals surface area contributed by atoms with Gasteiger partial charge in [0, 0.05) is 17.3 Å². The molecule has 1 fully saturated rings. The van der Waals surface area contributed by atoms with Crippen LogP contribution in [0.1, 0.15) is 17.3 Å². The van der Waals surface area contributed by atoms with Gasteiger partial charge in [-0.15, -0.1) is 0 Å². The average molecular weight is 341 g/mol. The molecule has 1 saturated heterocycles. The molecule has 1 aliphatic heterocycles. The van der Waals surface area contributed by atoms with Crippen molar-refractivity contribution >= 4 is 34.6 Å². The Balaban J connectivity index is 1.54. The van der Waals surface area contributed by atoms with E-state index >= 15 is 0 Å².